The van der Waals surface area contributed by atoms with E-state index in [1.165, 1.54) is 35.2 Å². The second-order valence-electron chi connectivity index (χ2n) is 8.90. The van der Waals surface area contributed by atoms with E-state index in [2.05, 4.69) is 5.32 Å². The van der Waals surface area contributed by atoms with Crippen molar-refractivity contribution >= 4 is 50.7 Å². The maximum atomic E-state index is 13.8. The third-order valence-corrected chi connectivity index (χ3v) is 8.52. The highest BCUT2D eigenvalue weighted by molar-refractivity contribution is 7.92. The van der Waals surface area contributed by atoms with Crippen molar-refractivity contribution in [3.8, 4) is 0 Å². The second-order valence-corrected chi connectivity index (χ2v) is 11.6. The summed E-state index contributed by atoms with van der Waals surface area (Å²) in [6, 6.07) is 19.1. The Morgan fingerprint density at radius 1 is 0.947 bits per heavy atom. The molecular weight excluding hydrogens is 545 g/mol. The van der Waals surface area contributed by atoms with E-state index in [9.17, 15) is 18.0 Å². The molecule has 0 saturated carbocycles. The number of rotatable bonds is 11. The number of nitrogens with one attached hydrogen (secondary N) is 1. The molecule has 3 rings (SSSR count). The number of amides is 2. The summed E-state index contributed by atoms with van der Waals surface area (Å²) in [4.78, 5) is 28.1. The molecule has 0 aliphatic rings. The lowest BCUT2D eigenvalue weighted by Gasteiger charge is -2.32. The first-order valence-corrected chi connectivity index (χ1v) is 14.4. The molecule has 7 nitrogen and oxygen atoms in total. The van der Waals surface area contributed by atoms with Crippen LogP contribution in [-0.2, 0) is 26.2 Å². The molecule has 0 radical (unpaired) electrons. The van der Waals surface area contributed by atoms with Crippen molar-refractivity contribution in [3.63, 3.8) is 0 Å². The first kappa shape index (κ1) is 29.5. The minimum Gasteiger partial charge on any atom is -0.354 e. The van der Waals surface area contributed by atoms with E-state index in [4.69, 9.17) is 23.2 Å². The van der Waals surface area contributed by atoms with Gasteiger partial charge in [-0.05, 0) is 56.2 Å². The normalized spacial score (nSPS) is 12.0. The van der Waals surface area contributed by atoms with Gasteiger partial charge in [-0.1, -0.05) is 78.2 Å². The first-order chi connectivity index (χ1) is 18.0. The van der Waals surface area contributed by atoms with Crippen LogP contribution in [-0.4, -0.2) is 44.3 Å². The molecule has 2 amide bonds. The smallest absolute Gasteiger partial charge is 0.264 e. The average molecular weight is 577 g/mol. The average Bonchev–Trinajstić information content (AvgIpc) is 2.90. The Bertz CT molecular complexity index is 1370. The zero-order valence-electron chi connectivity index (χ0n) is 21.5. The predicted octanol–water partition coefficient (Wildman–Crippen LogP) is 5.44. The number of carbonyl (C=O) groups excluding carboxylic acids is 2. The van der Waals surface area contributed by atoms with Crippen molar-refractivity contribution in [3.05, 3.63) is 94.0 Å². The zero-order valence-corrected chi connectivity index (χ0v) is 23.9. The van der Waals surface area contributed by atoms with E-state index in [1.807, 2.05) is 44.2 Å². The van der Waals surface area contributed by atoms with Crippen molar-refractivity contribution in [2.24, 2.45) is 0 Å². The molecular formula is C28H31Cl2N3O4S. The van der Waals surface area contributed by atoms with Gasteiger partial charge in [0.05, 0.1) is 20.6 Å². The van der Waals surface area contributed by atoms with Crippen LogP contribution >= 0.6 is 23.2 Å². The highest BCUT2D eigenvalue weighted by Crippen LogP contribution is 2.31. The zero-order chi connectivity index (χ0) is 27.9. The lowest BCUT2D eigenvalue weighted by Crippen LogP contribution is -2.51. The number of aryl methyl sites for hydroxylation is 1. The van der Waals surface area contributed by atoms with Crippen molar-refractivity contribution in [2.75, 3.05) is 17.4 Å². The maximum Gasteiger partial charge on any atom is 0.264 e. The Hall–Kier alpha value is -3.07. The monoisotopic (exact) mass is 575 g/mol. The maximum absolute atomic E-state index is 13.8. The van der Waals surface area contributed by atoms with Gasteiger partial charge < -0.3 is 10.2 Å². The summed E-state index contributed by atoms with van der Waals surface area (Å²) < 4.78 is 28.6. The molecule has 38 heavy (non-hydrogen) atoms. The van der Waals surface area contributed by atoms with Crippen molar-refractivity contribution in [1.82, 2.24) is 10.2 Å². The van der Waals surface area contributed by atoms with Crippen LogP contribution in [0.5, 0.6) is 0 Å². The first-order valence-electron chi connectivity index (χ1n) is 12.2. The Kier molecular flexibility index (Phi) is 10.2. The van der Waals surface area contributed by atoms with E-state index in [0.717, 1.165) is 21.9 Å². The van der Waals surface area contributed by atoms with Gasteiger partial charge in [0.15, 0.2) is 0 Å². The Morgan fingerprint density at radius 2 is 1.61 bits per heavy atom. The van der Waals surface area contributed by atoms with Crippen LogP contribution < -0.4 is 9.62 Å². The molecule has 3 aromatic carbocycles. The summed E-state index contributed by atoms with van der Waals surface area (Å²) in [6.45, 7) is 5.45. The molecule has 0 saturated heterocycles. The Labute approximate surface area is 234 Å². The summed E-state index contributed by atoms with van der Waals surface area (Å²) >= 11 is 12.3. The van der Waals surface area contributed by atoms with Crippen molar-refractivity contribution in [2.45, 2.75) is 44.7 Å². The minimum atomic E-state index is -4.18. The summed E-state index contributed by atoms with van der Waals surface area (Å²) in [7, 11) is -4.18. The predicted molar refractivity (Wildman–Crippen MR) is 152 cm³/mol. The molecule has 0 bridgehead atoms. The van der Waals surface area contributed by atoms with E-state index in [-0.39, 0.29) is 33.1 Å². The molecule has 0 aliphatic carbocycles. The van der Waals surface area contributed by atoms with Crippen LogP contribution in [0.3, 0.4) is 0 Å². The molecule has 10 heteroatoms. The quantitative estimate of drug-likeness (QED) is 0.330. The van der Waals surface area contributed by atoms with Crippen LogP contribution in [0.2, 0.25) is 10.0 Å². The molecule has 0 aromatic heterocycles. The fourth-order valence-electron chi connectivity index (χ4n) is 3.77. The lowest BCUT2D eigenvalue weighted by molar-refractivity contribution is -0.139. The van der Waals surface area contributed by atoms with Crippen molar-refractivity contribution in [1.29, 1.82) is 0 Å². The topological polar surface area (TPSA) is 86.8 Å². The number of nitrogens with zero attached hydrogens (tertiary/aromatic N) is 2. The summed E-state index contributed by atoms with van der Waals surface area (Å²) in [5.74, 6) is -0.867. The van der Waals surface area contributed by atoms with E-state index < -0.39 is 28.5 Å². The van der Waals surface area contributed by atoms with Gasteiger partial charge in [0, 0.05) is 13.1 Å². The van der Waals surface area contributed by atoms with Gasteiger partial charge in [-0.15, -0.1) is 0 Å². The van der Waals surface area contributed by atoms with Gasteiger partial charge >= 0.3 is 0 Å². The molecule has 0 fully saturated rings. The third-order valence-electron chi connectivity index (χ3n) is 5.99. The molecule has 0 spiro atoms. The van der Waals surface area contributed by atoms with Gasteiger partial charge in [-0.3, -0.25) is 13.9 Å². The van der Waals surface area contributed by atoms with Crippen molar-refractivity contribution < 1.29 is 18.0 Å². The highest BCUT2D eigenvalue weighted by atomic mass is 35.5. The molecule has 202 valence electrons. The summed E-state index contributed by atoms with van der Waals surface area (Å²) in [5, 5.41) is 3.22. The van der Waals surface area contributed by atoms with Crippen LogP contribution in [0.15, 0.2) is 77.7 Å². The Morgan fingerprint density at radius 3 is 2.21 bits per heavy atom. The highest BCUT2D eigenvalue weighted by Gasteiger charge is 2.32. The Balaban J connectivity index is 2.03. The number of sulfonamides is 1. The molecule has 3 aromatic rings. The fourth-order valence-corrected chi connectivity index (χ4v) is 5.46. The van der Waals surface area contributed by atoms with Gasteiger partial charge in [0.1, 0.15) is 12.6 Å². The van der Waals surface area contributed by atoms with Crippen LogP contribution in [0, 0.1) is 6.92 Å². The van der Waals surface area contributed by atoms with Crippen LogP contribution in [0.25, 0.3) is 0 Å². The second kappa shape index (κ2) is 13.1. The number of hydrogen-bond donors (Lipinski definition) is 1. The van der Waals surface area contributed by atoms with E-state index in [1.54, 1.807) is 19.1 Å². The summed E-state index contributed by atoms with van der Waals surface area (Å²) in [5.41, 5.74) is 1.87. The molecule has 1 N–H and O–H groups in total. The number of halogens is 2. The van der Waals surface area contributed by atoms with E-state index >= 15 is 0 Å². The molecule has 1 atom stereocenters. The van der Waals surface area contributed by atoms with E-state index in [0.29, 0.717) is 6.54 Å². The van der Waals surface area contributed by atoms with Crippen LogP contribution in [0.1, 0.15) is 31.4 Å². The molecule has 0 heterocycles. The third kappa shape index (κ3) is 7.28. The number of anilines is 1. The summed E-state index contributed by atoms with van der Waals surface area (Å²) in [6.07, 6.45) is 0.741. The standard InChI is InChI=1S/C28H31Cl2N3O4S/c1-4-16-31-28(35)21(3)32(18-22-8-6-5-7-9-22)27(34)19-33(23-12-15-25(29)26(30)17-23)38(36,37)24-13-10-20(2)11-14-24/h5-15,17,21H,4,16,18-19H2,1-3H3,(H,31,35)/t21-/m0/s1. The van der Waals surface area contributed by atoms with Gasteiger partial charge in [-0.25, -0.2) is 8.42 Å². The number of benzene rings is 3. The van der Waals surface area contributed by atoms with Gasteiger partial charge in [0.25, 0.3) is 10.0 Å². The fraction of sp³-hybridized carbons (Fsp3) is 0.286. The largest absolute Gasteiger partial charge is 0.354 e. The van der Waals surface area contributed by atoms with Gasteiger partial charge in [0.2, 0.25) is 11.8 Å². The van der Waals surface area contributed by atoms with Gasteiger partial charge in [-0.2, -0.15) is 0 Å². The number of hydrogen-bond acceptors (Lipinski definition) is 4. The minimum absolute atomic E-state index is 0.0188. The van der Waals surface area contributed by atoms with Crippen LogP contribution in [0.4, 0.5) is 5.69 Å². The SMILES string of the molecule is CCCNC(=O)[C@H](C)N(Cc1ccccc1)C(=O)CN(c1ccc(Cl)c(Cl)c1)S(=O)(=O)c1ccc(C)cc1. The number of carbonyl (C=O) groups is 2. The molecule has 0 unspecified atom stereocenters. The molecule has 0 aliphatic heterocycles. The lowest BCUT2D eigenvalue weighted by atomic mass is 10.1.